The van der Waals surface area contributed by atoms with Crippen LogP contribution in [-0.2, 0) is 9.53 Å². The number of nitrogens with zero attached hydrogens (tertiary/aromatic N) is 3. The summed E-state index contributed by atoms with van der Waals surface area (Å²) in [6.07, 6.45) is 4.78. The zero-order valence-electron chi connectivity index (χ0n) is 11.8. The van der Waals surface area contributed by atoms with Crippen LogP contribution in [0.4, 0.5) is 0 Å². The van der Waals surface area contributed by atoms with Crippen LogP contribution in [-0.4, -0.2) is 38.8 Å². The van der Waals surface area contributed by atoms with Crippen LogP contribution in [0.25, 0.3) is 17.2 Å². The van der Waals surface area contributed by atoms with Crippen LogP contribution in [0.5, 0.6) is 0 Å². The van der Waals surface area contributed by atoms with Gasteiger partial charge in [0.15, 0.2) is 16.3 Å². The number of hydrogen-bond donors (Lipinski definition) is 1. The second-order valence-electron chi connectivity index (χ2n) is 4.09. The number of aromatic amines is 1. The number of ether oxygens (including phenoxy) is 1. The first kappa shape index (κ1) is 15.2. The van der Waals surface area contributed by atoms with E-state index in [1.54, 1.807) is 20.1 Å². The lowest BCUT2D eigenvalue weighted by Crippen LogP contribution is -2.12. The highest BCUT2D eigenvalue weighted by atomic mass is 32.2. The van der Waals surface area contributed by atoms with E-state index in [2.05, 4.69) is 19.9 Å². The Bertz CT molecular complexity index is 770. The van der Waals surface area contributed by atoms with Crippen LogP contribution >= 0.6 is 11.8 Å². The number of hydrogen-bond acceptors (Lipinski definition) is 7. The SMILES string of the molecule is CCOC(=O)/C(C)=C/c1cnc2nc(SC)[nH]c(=O)c2n1. The second-order valence-corrected chi connectivity index (χ2v) is 4.89. The Morgan fingerprint density at radius 3 is 2.90 bits per heavy atom. The highest BCUT2D eigenvalue weighted by Gasteiger charge is 2.09. The predicted molar refractivity (Wildman–Crippen MR) is 80.0 cm³/mol. The summed E-state index contributed by atoms with van der Waals surface area (Å²) in [4.78, 5) is 38.5. The molecule has 7 nitrogen and oxygen atoms in total. The molecule has 0 saturated carbocycles. The van der Waals surface area contributed by atoms with Crippen LogP contribution in [0.2, 0.25) is 0 Å². The molecule has 0 spiro atoms. The zero-order valence-corrected chi connectivity index (χ0v) is 12.7. The van der Waals surface area contributed by atoms with Gasteiger partial charge in [-0.3, -0.25) is 9.78 Å². The van der Waals surface area contributed by atoms with Crippen molar-refractivity contribution >= 4 is 35.0 Å². The van der Waals surface area contributed by atoms with E-state index < -0.39 is 5.97 Å². The number of rotatable bonds is 4. The van der Waals surface area contributed by atoms with Gasteiger partial charge in [0.1, 0.15) is 0 Å². The average molecular weight is 306 g/mol. The van der Waals surface area contributed by atoms with Gasteiger partial charge in [0.2, 0.25) is 0 Å². The lowest BCUT2D eigenvalue weighted by Gasteiger charge is -2.02. The summed E-state index contributed by atoms with van der Waals surface area (Å²) in [5.74, 6) is -0.427. The molecule has 2 heterocycles. The first-order valence-corrected chi connectivity index (χ1v) is 7.44. The van der Waals surface area contributed by atoms with Gasteiger partial charge in [0, 0.05) is 5.57 Å². The molecular formula is C13H14N4O3S. The third-order valence-corrected chi connectivity index (χ3v) is 3.15. The van der Waals surface area contributed by atoms with Crippen LogP contribution < -0.4 is 5.56 Å². The molecule has 0 fully saturated rings. The van der Waals surface area contributed by atoms with Gasteiger partial charge in [0.25, 0.3) is 5.56 Å². The van der Waals surface area contributed by atoms with E-state index in [0.717, 1.165) is 0 Å². The molecule has 0 radical (unpaired) electrons. The molecule has 0 saturated heterocycles. The van der Waals surface area contributed by atoms with E-state index in [1.165, 1.54) is 24.0 Å². The summed E-state index contributed by atoms with van der Waals surface area (Å²) in [5.41, 5.74) is 0.834. The molecule has 0 aromatic carbocycles. The number of H-pyrrole nitrogens is 1. The summed E-state index contributed by atoms with van der Waals surface area (Å²) in [7, 11) is 0. The number of carbonyl (C=O) groups is 1. The monoisotopic (exact) mass is 306 g/mol. The van der Waals surface area contributed by atoms with Gasteiger partial charge in [-0.1, -0.05) is 11.8 Å². The number of carbonyl (C=O) groups excluding carboxylic acids is 1. The predicted octanol–water partition coefficient (Wildman–Crippen LogP) is 1.40. The van der Waals surface area contributed by atoms with Crippen LogP contribution in [0.3, 0.4) is 0 Å². The molecule has 110 valence electrons. The molecule has 0 aliphatic carbocycles. The van der Waals surface area contributed by atoms with Crippen molar-refractivity contribution in [3.8, 4) is 0 Å². The van der Waals surface area contributed by atoms with Crippen molar-refractivity contribution in [2.24, 2.45) is 0 Å². The van der Waals surface area contributed by atoms with Gasteiger partial charge in [-0.25, -0.2) is 19.7 Å². The van der Waals surface area contributed by atoms with Crippen molar-refractivity contribution in [1.82, 2.24) is 19.9 Å². The Morgan fingerprint density at radius 2 is 2.24 bits per heavy atom. The number of fused-ring (bicyclic) bond motifs is 1. The van der Waals surface area contributed by atoms with Crippen LogP contribution in [0.1, 0.15) is 19.5 Å². The van der Waals surface area contributed by atoms with E-state index in [0.29, 0.717) is 23.0 Å². The molecule has 0 aliphatic rings. The quantitative estimate of drug-likeness (QED) is 0.394. The maximum absolute atomic E-state index is 11.9. The molecule has 2 aromatic rings. The van der Waals surface area contributed by atoms with Crippen LogP contribution in [0, 0.1) is 0 Å². The Labute approximate surface area is 124 Å². The molecule has 0 atom stereocenters. The minimum absolute atomic E-state index is 0.137. The first-order valence-electron chi connectivity index (χ1n) is 6.21. The van der Waals surface area contributed by atoms with Crippen molar-refractivity contribution in [3.05, 3.63) is 27.8 Å². The van der Waals surface area contributed by atoms with E-state index >= 15 is 0 Å². The van der Waals surface area contributed by atoms with Gasteiger partial charge in [0.05, 0.1) is 18.5 Å². The summed E-state index contributed by atoms with van der Waals surface area (Å²) >= 11 is 1.31. The molecule has 8 heteroatoms. The fourth-order valence-corrected chi connectivity index (χ4v) is 1.98. The summed E-state index contributed by atoms with van der Waals surface area (Å²) in [6.45, 7) is 3.65. The molecule has 2 rings (SSSR count). The number of nitrogens with one attached hydrogen (secondary N) is 1. The van der Waals surface area contributed by atoms with Crippen molar-refractivity contribution in [2.75, 3.05) is 12.9 Å². The third kappa shape index (κ3) is 3.46. The highest BCUT2D eigenvalue weighted by Crippen LogP contribution is 2.11. The van der Waals surface area contributed by atoms with Gasteiger partial charge < -0.3 is 4.74 Å². The smallest absolute Gasteiger partial charge is 0.333 e. The molecule has 0 aliphatic heterocycles. The average Bonchev–Trinajstić information content (AvgIpc) is 2.47. The topological polar surface area (TPSA) is 97.8 Å². The highest BCUT2D eigenvalue weighted by molar-refractivity contribution is 7.98. The van der Waals surface area contributed by atoms with Gasteiger partial charge in [-0.05, 0) is 26.2 Å². The van der Waals surface area contributed by atoms with Gasteiger partial charge >= 0.3 is 5.97 Å². The van der Waals surface area contributed by atoms with E-state index in [4.69, 9.17) is 4.74 Å². The number of aromatic nitrogens is 4. The summed E-state index contributed by atoms with van der Waals surface area (Å²) in [5, 5.41) is 0.479. The van der Waals surface area contributed by atoms with E-state index in [1.807, 2.05) is 0 Å². The summed E-state index contributed by atoms with van der Waals surface area (Å²) in [6, 6.07) is 0. The largest absolute Gasteiger partial charge is 0.463 e. The Morgan fingerprint density at radius 1 is 1.48 bits per heavy atom. The van der Waals surface area contributed by atoms with Crippen molar-refractivity contribution < 1.29 is 9.53 Å². The fourth-order valence-electron chi connectivity index (χ4n) is 1.60. The normalized spacial score (nSPS) is 11.7. The maximum atomic E-state index is 11.9. The zero-order chi connectivity index (χ0) is 15.4. The lowest BCUT2D eigenvalue weighted by atomic mass is 10.2. The fraction of sp³-hybridized carbons (Fsp3) is 0.308. The molecule has 2 aromatic heterocycles. The minimum atomic E-state index is -0.427. The molecule has 0 amide bonds. The van der Waals surface area contributed by atoms with Crippen molar-refractivity contribution in [3.63, 3.8) is 0 Å². The van der Waals surface area contributed by atoms with Crippen molar-refractivity contribution in [1.29, 1.82) is 0 Å². The van der Waals surface area contributed by atoms with Gasteiger partial charge in [-0.2, -0.15) is 0 Å². The standard InChI is InChI=1S/C13H14N4O3S/c1-4-20-12(19)7(2)5-8-6-14-10-9(15-8)11(18)17-13(16-10)21-3/h5-6H,4H2,1-3H3,(H,14,16,17,18)/b7-5+. The van der Waals surface area contributed by atoms with Crippen molar-refractivity contribution in [2.45, 2.75) is 19.0 Å². The van der Waals surface area contributed by atoms with E-state index in [-0.39, 0.29) is 16.7 Å². The van der Waals surface area contributed by atoms with Gasteiger partial charge in [-0.15, -0.1) is 0 Å². The molecule has 0 bridgehead atoms. The minimum Gasteiger partial charge on any atom is -0.463 e. The van der Waals surface area contributed by atoms with E-state index in [9.17, 15) is 9.59 Å². The number of thioether (sulfide) groups is 1. The molecule has 0 unspecified atom stereocenters. The molecule has 21 heavy (non-hydrogen) atoms. The maximum Gasteiger partial charge on any atom is 0.333 e. The number of esters is 1. The molecular weight excluding hydrogens is 292 g/mol. The molecule has 1 N–H and O–H groups in total. The third-order valence-electron chi connectivity index (χ3n) is 2.57. The Hall–Kier alpha value is -2.22. The second kappa shape index (κ2) is 6.49. The summed E-state index contributed by atoms with van der Waals surface area (Å²) < 4.78 is 4.88. The first-order chi connectivity index (χ1) is 10.0. The Balaban J connectivity index is 2.44. The lowest BCUT2D eigenvalue weighted by molar-refractivity contribution is -0.138. The Kier molecular flexibility index (Phi) is 4.69. The van der Waals surface area contributed by atoms with Crippen LogP contribution in [0.15, 0.2) is 21.7 Å².